The molecule has 94 valence electrons. The van der Waals surface area contributed by atoms with Gasteiger partial charge in [0.15, 0.2) is 0 Å². The monoisotopic (exact) mass is 281 g/mol. The summed E-state index contributed by atoms with van der Waals surface area (Å²) in [5.74, 6) is 0.772. The molecule has 0 unspecified atom stereocenters. The maximum absolute atomic E-state index is 5.76. The second-order valence-electron chi connectivity index (χ2n) is 3.66. The zero-order chi connectivity index (χ0) is 13.0. The SMILES string of the molecule is NC(=S)c1ccc(OCCn2cc(Cl)cn2)cc1. The van der Waals surface area contributed by atoms with Crippen LogP contribution in [0.4, 0.5) is 0 Å². The molecule has 2 rings (SSSR count). The molecule has 0 spiro atoms. The first kappa shape index (κ1) is 12.9. The molecular formula is C12H12ClN3OS. The number of ether oxygens (including phenoxy) is 1. The van der Waals surface area contributed by atoms with E-state index in [9.17, 15) is 0 Å². The average Bonchev–Trinajstić information content (AvgIpc) is 2.76. The van der Waals surface area contributed by atoms with E-state index in [-0.39, 0.29) is 0 Å². The molecule has 1 heterocycles. The van der Waals surface area contributed by atoms with Gasteiger partial charge in [-0.3, -0.25) is 4.68 Å². The van der Waals surface area contributed by atoms with E-state index in [1.807, 2.05) is 24.3 Å². The summed E-state index contributed by atoms with van der Waals surface area (Å²) in [6.07, 6.45) is 3.35. The lowest BCUT2D eigenvalue weighted by Crippen LogP contribution is -2.10. The van der Waals surface area contributed by atoms with Crippen LogP contribution in [0.25, 0.3) is 0 Å². The van der Waals surface area contributed by atoms with Gasteiger partial charge in [0.25, 0.3) is 0 Å². The van der Waals surface area contributed by atoms with E-state index < -0.39 is 0 Å². The van der Waals surface area contributed by atoms with Crippen LogP contribution in [-0.4, -0.2) is 21.4 Å². The number of hydrogen-bond donors (Lipinski definition) is 1. The molecule has 1 aromatic carbocycles. The fourth-order valence-corrected chi connectivity index (χ4v) is 1.73. The fraction of sp³-hybridized carbons (Fsp3) is 0.167. The van der Waals surface area contributed by atoms with Gasteiger partial charge in [-0.1, -0.05) is 23.8 Å². The molecule has 6 heteroatoms. The van der Waals surface area contributed by atoms with Gasteiger partial charge in [-0.05, 0) is 24.3 Å². The van der Waals surface area contributed by atoms with Crippen molar-refractivity contribution < 1.29 is 4.74 Å². The molecule has 0 aliphatic rings. The Labute approximate surface area is 115 Å². The molecule has 0 fully saturated rings. The van der Waals surface area contributed by atoms with Crippen LogP contribution >= 0.6 is 23.8 Å². The third-order valence-electron chi connectivity index (χ3n) is 2.33. The highest BCUT2D eigenvalue weighted by atomic mass is 35.5. The first-order valence-electron chi connectivity index (χ1n) is 5.36. The van der Waals surface area contributed by atoms with Crippen molar-refractivity contribution in [2.75, 3.05) is 6.61 Å². The van der Waals surface area contributed by atoms with Gasteiger partial charge in [0.05, 0.1) is 17.8 Å². The van der Waals surface area contributed by atoms with Crippen LogP contribution < -0.4 is 10.5 Å². The highest BCUT2D eigenvalue weighted by Crippen LogP contribution is 2.12. The third kappa shape index (κ3) is 3.45. The number of rotatable bonds is 5. The number of aromatic nitrogens is 2. The summed E-state index contributed by atoms with van der Waals surface area (Å²) in [4.78, 5) is 0.382. The average molecular weight is 282 g/mol. The molecule has 2 N–H and O–H groups in total. The van der Waals surface area contributed by atoms with Crippen LogP contribution in [0.3, 0.4) is 0 Å². The van der Waals surface area contributed by atoms with E-state index in [1.54, 1.807) is 17.1 Å². The number of benzene rings is 1. The first-order chi connectivity index (χ1) is 8.65. The third-order valence-corrected chi connectivity index (χ3v) is 2.76. The van der Waals surface area contributed by atoms with E-state index in [1.165, 1.54) is 0 Å². The maximum atomic E-state index is 5.76. The topological polar surface area (TPSA) is 53.1 Å². The number of thiocarbonyl (C=S) groups is 1. The highest BCUT2D eigenvalue weighted by Gasteiger charge is 1.99. The van der Waals surface area contributed by atoms with Crippen LogP contribution in [0.2, 0.25) is 5.02 Å². The van der Waals surface area contributed by atoms with E-state index in [0.29, 0.717) is 23.2 Å². The number of nitrogens with zero attached hydrogens (tertiary/aromatic N) is 2. The molecular weight excluding hydrogens is 270 g/mol. The van der Waals surface area contributed by atoms with Crippen LogP contribution in [0.1, 0.15) is 5.56 Å². The van der Waals surface area contributed by atoms with Crippen molar-refractivity contribution in [2.45, 2.75) is 6.54 Å². The van der Waals surface area contributed by atoms with Crippen LogP contribution in [-0.2, 0) is 6.54 Å². The Morgan fingerprint density at radius 1 is 1.39 bits per heavy atom. The summed E-state index contributed by atoms with van der Waals surface area (Å²) < 4.78 is 7.29. The Balaban J connectivity index is 1.85. The van der Waals surface area contributed by atoms with Crippen LogP contribution in [0.15, 0.2) is 36.7 Å². The lowest BCUT2D eigenvalue weighted by molar-refractivity contribution is 0.291. The lowest BCUT2D eigenvalue weighted by Gasteiger charge is -2.06. The Kier molecular flexibility index (Phi) is 4.17. The summed E-state index contributed by atoms with van der Waals surface area (Å²) in [5, 5.41) is 4.68. The number of halogens is 1. The lowest BCUT2D eigenvalue weighted by atomic mass is 10.2. The van der Waals surface area contributed by atoms with E-state index >= 15 is 0 Å². The molecule has 0 aliphatic carbocycles. The van der Waals surface area contributed by atoms with Crippen molar-refractivity contribution in [3.8, 4) is 5.75 Å². The molecule has 0 radical (unpaired) electrons. The summed E-state index contributed by atoms with van der Waals surface area (Å²) in [5.41, 5.74) is 6.34. The number of nitrogens with two attached hydrogens (primary N) is 1. The summed E-state index contributed by atoms with van der Waals surface area (Å²) in [6, 6.07) is 7.35. The normalized spacial score (nSPS) is 10.3. The van der Waals surface area contributed by atoms with Crippen molar-refractivity contribution >= 4 is 28.8 Å². The predicted molar refractivity (Wildman–Crippen MR) is 75.1 cm³/mol. The summed E-state index contributed by atoms with van der Waals surface area (Å²) >= 11 is 10.6. The molecule has 0 amide bonds. The molecule has 4 nitrogen and oxygen atoms in total. The molecule has 0 aliphatic heterocycles. The van der Waals surface area contributed by atoms with Crippen molar-refractivity contribution in [1.29, 1.82) is 0 Å². The maximum Gasteiger partial charge on any atom is 0.119 e. The molecule has 0 saturated heterocycles. The van der Waals surface area contributed by atoms with Gasteiger partial charge in [0.2, 0.25) is 0 Å². The van der Waals surface area contributed by atoms with E-state index in [0.717, 1.165) is 11.3 Å². The van der Waals surface area contributed by atoms with Crippen molar-refractivity contribution in [3.63, 3.8) is 0 Å². The Morgan fingerprint density at radius 2 is 2.11 bits per heavy atom. The molecule has 2 aromatic rings. The largest absolute Gasteiger partial charge is 0.492 e. The second-order valence-corrected chi connectivity index (χ2v) is 4.53. The minimum absolute atomic E-state index is 0.382. The Bertz CT molecular complexity index is 539. The van der Waals surface area contributed by atoms with Gasteiger partial charge >= 0.3 is 0 Å². The zero-order valence-corrected chi connectivity index (χ0v) is 11.1. The van der Waals surface area contributed by atoms with Gasteiger partial charge in [0, 0.05) is 11.8 Å². The van der Waals surface area contributed by atoms with Gasteiger partial charge < -0.3 is 10.5 Å². The first-order valence-corrected chi connectivity index (χ1v) is 6.14. The smallest absolute Gasteiger partial charge is 0.119 e. The standard InChI is InChI=1S/C12H12ClN3OS/c13-10-7-15-16(8-10)5-6-17-11-3-1-9(2-4-11)12(14)18/h1-4,7-8H,5-6H2,(H2,14,18). The number of hydrogen-bond acceptors (Lipinski definition) is 3. The van der Waals surface area contributed by atoms with Gasteiger partial charge in [-0.2, -0.15) is 5.10 Å². The predicted octanol–water partition coefficient (Wildman–Crippen LogP) is 2.25. The van der Waals surface area contributed by atoms with Crippen LogP contribution in [0, 0.1) is 0 Å². The van der Waals surface area contributed by atoms with Gasteiger partial charge in [0.1, 0.15) is 17.3 Å². The molecule has 18 heavy (non-hydrogen) atoms. The van der Waals surface area contributed by atoms with Gasteiger partial charge in [-0.25, -0.2) is 0 Å². The van der Waals surface area contributed by atoms with Gasteiger partial charge in [-0.15, -0.1) is 0 Å². The van der Waals surface area contributed by atoms with Crippen molar-refractivity contribution in [2.24, 2.45) is 5.73 Å². The summed E-state index contributed by atoms with van der Waals surface area (Å²) in [7, 11) is 0. The van der Waals surface area contributed by atoms with E-state index in [4.69, 9.17) is 34.3 Å². The summed E-state index contributed by atoms with van der Waals surface area (Å²) in [6.45, 7) is 1.16. The van der Waals surface area contributed by atoms with Crippen molar-refractivity contribution in [1.82, 2.24) is 9.78 Å². The minimum Gasteiger partial charge on any atom is -0.492 e. The van der Waals surface area contributed by atoms with Crippen LogP contribution in [0.5, 0.6) is 5.75 Å². The molecule has 1 aromatic heterocycles. The van der Waals surface area contributed by atoms with Crippen molar-refractivity contribution in [3.05, 3.63) is 47.2 Å². The molecule has 0 atom stereocenters. The zero-order valence-electron chi connectivity index (χ0n) is 9.54. The second kappa shape index (κ2) is 5.84. The Hall–Kier alpha value is -1.59. The Morgan fingerprint density at radius 3 is 2.67 bits per heavy atom. The highest BCUT2D eigenvalue weighted by molar-refractivity contribution is 7.80. The molecule has 0 saturated carbocycles. The molecule has 0 bridgehead atoms. The quantitative estimate of drug-likeness (QED) is 0.854. The fourth-order valence-electron chi connectivity index (χ4n) is 1.43. The van der Waals surface area contributed by atoms with E-state index in [2.05, 4.69) is 5.10 Å². The minimum atomic E-state index is 0.382.